The number of benzene rings is 8. The minimum Gasteiger partial charge on any atom is -0.454 e. The number of pyridine rings is 1. The summed E-state index contributed by atoms with van der Waals surface area (Å²) in [5, 5.41) is 5.61. The van der Waals surface area contributed by atoms with Crippen LogP contribution in [0.25, 0.3) is 77.0 Å². The standard InChI is InChI=1S/C49H32N2O/c1-3-11-33(12-4-1)34-19-23-38(24-20-34)51(40-27-30-47-46(31-40)48-49(52-47)43-16-8-7-15-37(43)32-50-48)39-25-21-36(22-26-39)42-29-28-41(35-13-5-2-6-14-35)44-17-9-10-18-45(42)44/h1-32H. The average Bonchev–Trinajstić information content (AvgIpc) is 3.60. The third kappa shape index (κ3) is 5.10. The van der Waals surface area contributed by atoms with Gasteiger partial charge in [0.25, 0.3) is 0 Å². The van der Waals surface area contributed by atoms with E-state index < -0.39 is 0 Å². The van der Waals surface area contributed by atoms with Gasteiger partial charge in [0, 0.05) is 39.4 Å². The Hall–Kier alpha value is -6.97. The van der Waals surface area contributed by atoms with E-state index in [-0.39, 0.29) is 0 Å². The van der Waals surface area contributed by atoms with Crippen molar-refractivity contribution in [1.82, 2.24) is 4.98 Å². The molecule has 8 aromatic carbocycles. The molecule has 3 nitrogen and oxygen atoms in total. The van der Waals surface area contributed by atoms with E-state index >= 15 is 0 Å². The molecule has 2 aromatic heterocycles. The van der Waals surface area contributed by atoms with Crippen molar-refractivity contribution in [3.63, 3.8) is 0 Å². The van der Waals surface area contributed by atoms with E-state index in [0.29, 0.717) is 0 Å². The summed E-state index contributed by atoms with van der Waals surface area (Å²) in [7, 11) is 0. The minimum atomic E-state index is 0.818. The molecule has 0 aliphatic carbocycles. The molecule has 0 spiro atoms. The molecule has 0 bridgehead atoms. The van der Waals surface area contributed by atoms with Crippen LogP contribution in [0.2, 0.25) is 0 Å². The van der Waals surface area contributed by atoms with Crippen molar-refractivity contribution in [2.24, 2.45) is 0 Å². The number of hydrogen-bond donors (Lipinski definition) is 0. The molecule has 0 fully saturated rings. The molecule has 0 aliphatic rings. The van der Waals surface area contributed by atoms with Gasteiger partial charge >= 0.3 is 0 Å². The molecule has 0 N–H and O–H groups in total. The number of rotatable bonds is 6. The molecule has 0 radical (unpaired) electrons. The van der Waals surface area contributed by atoms with Gasteiger partial charge in [-0.15, -0.1) is 0 Å². The first kappa shape index (κ1) is 29.9. The van der Waals surface area contributed by atoms with Gasteiger partial charge in [-0.3, -0.25) is 4.98 Å². The van der Waals surface area contributed by atoms with Crippen molar-refractivity contribution < 1.29 is 4.42 Å². The highest BCUT2D eigenvalue weighted by Crippen LogP contribution is 2.42. The van der Waals surface area contributed by atoms with Gasteiger partial charge in [-0.05, 0) is 86.6 Å². The number of aromatic nitrogens is 1. The SMILES string of the molecule is c1ccc(-c2ccc(N(c3ccc(-c4ccc(-c5ccccc5)c5ccccc45)cc3)c3ccc4oc5c6ccccc6cnc5c4c3)cc2)cc1. The third-order valence-electron chi connectivity index (χ3n) is 10.1. The highest BCUT2D eigenvalue weighted by atomic mass is 16.3. The average molecular weight is 665 g/mol. The highest BCUT2D eigenvalue weighted by Gasteiger charge is 2.18. The van der Waals surface area contributed by atoms with Crippen molar-refractivity contribution in [1.29, 1.82) is 0 Å². The first-order valence-corrected chi connectivity index (χ1v) is 17.6. The maximum atomic E-state index is 6.43. The van der Waals surface area contributed by atoms with Gasteiger partial charge in [0.1, 0.15) is 11.1 Å². The fraction of sp³-hybridized carbons (Fsp3) is 0. The summed E-state index contributed by atoms with van der Waals surface area (Å²) < 4.78 is 6.43. The Morgan fingerprint density at radius 1 is 0.385 bits per heavy atom. The van der Waals surface area contributed by atoms with Crippen LogP contribution in [0.1, 0.15) is 0 Å². The van der Waals surface area contributed by atoms with E-state index in [4.69, 9.17) is 9.40 Å². The zero-order chi connectivity index (χ0) is 34.4. The van der Waals surface area contributed by atoms with Gasteiger partial charge in [-0.2, -0.15) is 0 Å². The van der Waals surface area contributed by atoms with Crippen LogP contribution < -0.4 is 4.90 Å². The van der Waals surface area contributed by atoms with E-state index in [2.05, 4.69) is 181 Å². The second-order valence-corrected chi connectivity index (χ2v) is 13.2. The Balaban J connectivity index is 1.10. The Kier molecular flexibility index (Phi) is 7.14. The van der Waals surface area contributed by atoms with E-state index in [1.54, 1.807) is 0 Å². The first-order chi connectivity index (χ1) is 25.8. The van der Waals surface area contributed by atoms with Gasteiger partial charge in [-0.1, -0.05) is 146 Å². The summed E-state index contributed by atoms with van der Waals surface area (Å²) >= 11 is 0. The number of furan rings is 1. The zero-order valence-corrected chi connectivity index (χ0v) is 28.3. The molecule has 0 atom stereocenters. The van der Waals surface area contributed by atoms with Crippen LogP contribution in [-0.2, 0) is 0 Å². The van der Waals surface area contributed by atoms with Crippen LogP contribution in [0.4, 0.5) is 17.1 Å². The van der Waals surface area contributed by atoms with Gasteiger partial charge in [0.15, 0.2) is 5.58 Å². The van der Waals surface area contributed by atoms with Crippen LogP contribution in [0.3, 0.4) is 0 Å². The largest absolute Gasteiger partial charge is 0.454 e. The van der Waals surface area contributed by atoms with Gasteiger partial charge in [0.2, 0.25) is 0 Å². The summed E-state index contributed by atoms with van der Waals surface area (Å²) in [6.45, 7) is 0. The quantitative estimate of drug-likeness (QED) is 0.177. The summed E-state index contributed by atoms with van der Waals surface area (Å²) in [4.78, 5) is 7.19. The normalized spacial score (nSPS) is 11.5. The van der Waals surface area contributed by atoms with Crippen molar-refractivity contribution in [2.45, 2.75) is 0 Å². The lowest BCUT2D eigenvalue weighted by molar-refractivity contribution is 0.672. The number of hydrogen-bond acceptors (Lipinski definition) is 3. The Bertz CT molecular complexity index is 2880. The minimum absolute atomic E-state index is 0.818. The van der Waals surface area contributed by atoms with Crippen molar-refractivity contribution in [3.05, 3.63) is 194 Å². The topological polar surface area (TPSA) is 29.3 Å². The Morgan fingerprint density at radius 3 is 1.54 bits per heavy atom. The van der Waals surface area contributed by atoms with Crippen LogP contribution in [0.15, 0.2) is 199 Å². The molecular weight excluding hydrogens is 633 g/mol. The Morgan fingerprint density at radius 2 is 0.885 bits per heavy atom. The molecule has 0 amide bonds. The Labute approximate surface area is 301 Å². The van der Waals surface area contributed by atoms with Crippen molar-refractivity contribution in [3.8, 4) is 33.4 Å². The number of anilines is 3. The van der Waals surface area contributed by atoms with E-state index in [1.807, 2.05) is 18.3 Å². The van der Waals surface area contributed by atoms with Gasteiger partial charge < -0.3 is 9.32 Å². The second-order valence-electron chi connectivity index (χ2n) is 13.2. The third-order valence-corrected chi connectivity index (χ3v) is 10.1. The van der Waals surface area contributed by atoms with Crippen molar-refractivity contribution >= 4 is 60.7 Å². The smallest absolute Gasteiger partial charge is 0.161 e. The lowest BCUT2D eigenvalue weighted by Gasteiger charge is -2.26. The lowest BCUT2D eigenvalue weighted by atomic mass is 9.92. The summed E-state index contributed by atoms with van der Waals surface area (Å²) in [5.41, 5.74) is 12.9. The molecular formula is C49H32N2O. The van der Waals surface area contributed by atoms with E-state index in [1.165, 1.54) is 44.2 Å². The monoisotopic (exact) mass is 664 g/mol. The van der Waals surface area contributed by atoms with Crippen LogP contribution in [-0.4, -0.2) is 4.98 Å². The van der Waals surface area contributed by atoms with Crippen molar-refractivity contribution in [2.75, 3.05) is 4.90 Å². The molecule has 2 heterocycles. The molecule has 10 aromatic rings. The zero-order valence-electron chi connectivity index (χ0n) is 28.3. The molecule has 10 rings (SSSR count). The fourth-order valence-electron chi connectivity index (χ4n) is 7.56. The second kappa shape index (κ2) is 12.4. The van der Waals surface area contributed by atoms with Crippen LogP contribution in [0, 0.1) is 0 Å². The first-order valence-electron chi connectivity index (χ1n) is 17.6. The fourth-order valence-corrected chi connectivity index (χ4v) is 7.56. The van der Waals surface area contributed by atoms with E-state index in [9.17, 15) is 0 Å². The predicted molar refractivity (Wildman–Crippen MR) is 218 cm³/mol. The molecule has 52 heavy (non-hydrogen) atoms. The van der Waals surface area contributed by atoms with Gasteiger partial charge in [-0.25, -0.2) is 0 Å². The summed E-state index contributed by atoms with van der Waals surface area (Å²) in [5.74, 6) is 0. The highest BCUT2D eigenvalue weighted by molar-refractivity contribution is 6.13. The molecule has 3 heteroatoms. The predicted octanol–water partition coefficient (Wildman–Crippen LogP) is 13.8. The van der Waals surface area contributed by atoms with Crippen LogP contribution >= 0.6 is 0 Å². The molecule has 0 unspecified atom stereocenters. The maximum absolute atomic E-state index is 6.43. The summed E-state index contributed by atoms with van der Waals surface area (Å²) in [6.07, 6.45) is 1.94. The molecule has 244 valence electrons. The van der Waals surface area contributed by atoms with Crippen LogP contribution in [0.5, 0.6) is 0 Å². The molecule has 0 saturated carbocycles. The summed E-state index contributed by atoms with van der Waals surface area (Å²) in [6, 6.07) is 66.8. The number of nitrogens with zero attached hydrogens (tertiary/aromatic N) is 2. The molecule has 0 saturated heterocycles. The molecule has 0 aliphatic heterocycles. The van der Waals surface area contributed by atoms with Gasteiger partial charge in [0.05, 0.1) is 0 Å². The maximum Gasteiger partial charge on any atom is 0.161 e. The lowest BCUT2D eigenvalue weighted by Crippen LogP contribution is -2.09. The van der Waals surface area contributed by atoms with E-state index in [0.717, 1.165) is 49.9 Å². The number of fused-ring (bicyclic) bond motifs is 6.